The van der Waals surface area contributed by atoms with Crippen LogP contribution in [0.5, 0.6) is 0 Å². The number of aliphatic hydroxyl groups is 1. The molecule has 1 N–H and O–H groups in total. The minimum Gasteiger partial charge on any atom is -0.394 e. The minimum absolute atomic E-state index is 0.0961. The van der Waals surface area contributed by atoms with E-state index >= 15 is 0 Å². The summed E-state index contributed by atoms with van der Waals surface area (Å²) < 4.78 is 34.3. The maximum absolute atomic E-state index is 10.3. The average Bonchev–Trinajstić information content (AvgIpc) is 3.42. The third-order valence-corrected chi connectivity index (χ3v) is 21.1. The summed E-state index contributed by atoms with van der Waals surface area (Å²) in [6, 6.07) is 33.4. The first-order valence-electron chi connectivity index (χ1n) is 31.3. The van der Waals surface area contributed by atoms with Crippen molar-refractivity contribution in [1.82, 2.24) is 0 Å². The highest BCUT2D eigenvalue weighted by Gasteiger charge is 2.48. The molecule has 79 heavy (non-hydrogen) atoms. The molecule has 9 nitrogen and oxygen atoms in total. The smallest absolute Gasteiger partial charge is 0.148 e. The molecule has 3 aromatic rings. The Morgan fingerprint density at radius 3 is 1.00 bits per heavy atom. The molecule has 6 fully saturated rings. The summed E-state index contributed by atoms with van der Waals surface area (Å²) in [5.74, 6) is 4.52. The number of aliphatic hydroxyl groups excluding tert-OH is 1. The van der Waals surface area contributed by atoms with Gasteiger partial charge in [0.15, 0.2) is 0 Å². The van der Waals surface area contributed by atoms with Gasteiger partial charge in [-0.15, -0.1) is 0 Å². The second-order valence-corrected chi connectivity index (χ2v) is 28.9. The lowest BCUT2D eigenvalue weighted by atomic mass is 9.93. The molecule has 0 spiro atoms. The molecule has 0 saturated carbocycles. The monoisotopic (exact) mass is 1120 g/mol. The number of ether oxygens (including phenoxy) is 6. The maximum Gasteiger partial charge on any atom is 0.148 e. The Morgan fingerprint density at radius 2 is 0.684 bits per heavy atom. The average molecular weight is 1120 g/mol. The lowest BCUT2D eigenvalue weighted by Gasteiger charge is -2.36. The predicted molar refractivity (Wildman–Crippen MR) is 331 cm³/mol. The first kappa shape index (κ1) is 68.6. The molecule has 6 aliphatic heterocycles. The fourth-order valence-electron chi connectivity index (χ4n) is 13.4. The van der Waals surface area contributed by atoms with Crippen LogP contribution in [0.1, 0.15) is 193 Å². The van der Waals surface area contributed by atoms with Crippen molar-refractivity contribution in [3.8, 4) is 0 Å². The SMILES string of the molecule is CC1CC(C)OC(CC=O)C1.CC1CC(C)OC(C[P+](c2ccccc2)(c2ccccc2)c2ccccc2)C1.CC1C[C@H](C)CC(C=O)O1.CC1C[C@H](C)CC(CO)O1.CCC1C[C@@H](C)CC(C)O1.CCC1C[C@@H](C)CC(C)O1. The van der Waals surface area contributed by atoms with E-state index in [1.807, 2.05) is 6.92 Å². The summed E-state index contributed by atoms with van der Waals surface area (Å²) in [6.07, 6.45) is 23.3. The van der Waals surface area contributed by atoms with Crippen LogP contribution >= 0.6 is 7.26 Å². The quantitative estimate of drug-likeness (QED) is 0.148. The molecule has 0 radical (unpaired) electrons. The third-order valence-electron chi connectivity index (χ3n) is 16.6. The summed E-state index contributed by atoms with van der Waals surface area (Å²) >= 11 is 0. The second-order valence-electron chi connectivity index (χ2n) is 25.3. The highest BCUT2D eigenvalue weighted by atomic mass is 31.2. The van der Waals surface area contributed by atoms with Gasteiger partial charge < -0.3 is 43.1 Å². The number of aldehydes is 2. The van der Waals surface area contributed by atoms with Crippen LogP contribution in [-0.4, -0.2) is 104 Å². The van der Waals surface area contributed by atoms with Gasteiger partial charge in [-0.25, -0.2) is 0 Å². The van der Waals surface area contributed by atoms with Crippen molar-refractivity contribution in [2.45, 2.75) is 266 Å². The van der Waals surface area contributed by atoms with E-state index in [-0.39, 0.29) is 31.0 Å². The van der Waals surface area contributed by atoms with Gasteiger partial charge in [-0.05, 0) is 203 Å². The van der Waals surface area contributed by atoms with Crippen molar-refractivity contribution in [3.63, 3.8) is 0 Å². The van der Waals surface area contributed by atoms with Gasteiger partial charge in [-0.3, -0.25) is 0 Å². The summed E-state index contributed by atoms with van der Waals surface area (Å²) in [4.78, 5) is 20.5. The van der Waals surface area contributed by atoms with Gasteiger partial charge in [0.05, 0.1) is 79.9 Å². The highest BCUT2D eigenvalue weighted by Crippen LogP contribution is 2.57. The zero-order valence-electron chi connectivity index (χ0n) is 51.9. The summed E-state index contributed by atoms with van der Waals surface area (Å²) in [7, 11) is -1.80. The fourth-order valence-corrected chi connectivity index (χ4v) is 17.9. The van der Waals surface area contributed by atoms with Gasteiger partial charge in [0.1, 0.15) is 41.9 Å². The molecule has 0 aliphatic carbocycles. The van der Waals surface area contributed by atoms with Gasteiger partial charge >= 0.3 is 0 Å². The molecular weight excluding hydrogens is 1000 g/mol. The number of carbonyl (C=O) groups excluding carboxylic acids is 2. The van der Waals surface area contributed by atoms with Crippen LogP contribution in [0.15, 0.2) is 91.0 Å². The molecule has 9 rings (SSSR count). The standard InChI is InChI=1S/C26H30OP.C9H16O2.2C9H18O.C8H16O2.C8H14O2/c1-21-18-22(2)27-23(19-21)20-28(24-12-6-3-7-13-24,25-14-8-4-9-15-25)26-16-10-5-11-17-26;1-7-5-8(2)11-9(6-7)3-4-10;2*1-4-9-6-7(2)5-8(3)10-9;2*1-6-3-7(2)10-8(4-6)5-9/h3-17,21-23H,18-20H2,1-2H3;4,7-9H,3,5-6H2,1-2H3;2*7-9H,4-6H2,1-3H3;6-9H,3-5H2,1-2H3;5-8H,3-4H2,1-2H3/q+1;;;;;/t;;2*7-,8?,9?;2*6-,7?,8?/m..0000/s1. The Morgan fingerprint density at radius 1 is 0.392 bits per heavy atom. The van der Waals surface area contributed by atoms with Crippen LogP contribution in [0.2, 0.25) is 0 Å². The van der Waals surface area contributed by atoms with Gasteiger partial charge in [0, 0.05) is 6.42 Å². The molecule has 446 valence electrons. The van der Waals surface area contributed by atoms with Crippen LogP contribution in [-0.2, 0) is 38.0 Å². The molecule has 6 heterocycles. The van der Waals surface area contributed by atoms with Crippen molar-refractivity contribution >= 4 is 35.7 Å². The maximum atomic E-state index is 10.3. The Balaban J connectivity index is 0.000000221. The van der Waals surface area contributed by atoms with Crippen molar-refractivity contribution < 1.29 is 43.1 Å². The summed E-state index contributed by atoms with van der Waals surface area (Å²) in [5.41, 5.74) is 0. The first-order valence-corrected chi connectivity index (χ1v) is 33.2. The third kappa shape index (κ3) is 24.9. The molecule has 18 atom stereocenters. The zero-order chi connectivity index (χ0) is 57.9. The lowest BCUT2D eigenvalue weighted by molar-refractivity contribution is -0.128. The van der Waals surface area contributed by atoms with E-state index in [2.05, 4.69) is 181 Å². The zero-order valence-corrected chi connectivity index (χ0v) is 52.8. The van der Waals surface area contributed by atoms with E-state index in [9.17, 15) is 9.59 Å². The van der Waals surface area contributed by atoms with Gasteiger partial charge in [-0.2, -0.15) is 0 Å². The highest BCUT2D eigenvalue weighted by molar-refractivity contribution is 7.95. The molecule has 14 unspecified atom stereocenters. The number of benzene rings is 3. The molecule has 6 saturated heterocycles. The Kier molecular flexibility index (Phi) is 31.9. The van der Waals surface area contributed by atoms with Crippen LogP contribution < -0.4 is 15.9 Å². The number of carbonyl (C=O) groups is 2. The van der Waals surface area contributed by atoms with E-state index in [0.29, 0.717) is 73.0 Å². The fraction of sp³-hybridized carbons (Fsp3) is 0.710. The van der Waals surface area contributed by atoms with Crippen LogP contribution in [0.25, 0.3) is 0 Å². The van der Waals surface area contributed by atoms with Gasteiger partial charge in [0.2, 0.25) is 0 Å². The largest absolute Gasteiger partial charge is 0.394 e. The van der Waals surface area contributed by atoms with E-state index in [4.69, 9.17) is 33.5 Å². The van der Waals surface area contributed by atoms with Gasteiger partial charge in [0.25, 0.3) is 0 Å². The molecule has 6 aliphatic rings. The molecule has 10 heteroatoms. The van der Waals surface area contributed by atoms with Crippen molar-refractivity contribution in [3.05, 3.63) is 91.0 Å². The summed E-state index contributed by atoms with van der Waals surface area (Å²) in [5, 5.41) is 13.1. The topological polar surface area (TPSA) is 110 Å². The molecule has 3 aromatic carbocycles. The van der Waals surface area contributed by atoms with Crippen molar-refractivity contribution in [2.75, 3.05) is 12.8 Å². The minimum atomic E-state index is -1.80. The van der Waals surface area contributed by atoms with Crippen molar-refractivity contribution in [2.24, 2.45) is 35.5 Å². The molecular formula is C69H112O9P+. The normalized spacial score (nSPS) is 34.5. The molecule has 0 aromatic heterocycles. The van der Waals surface area contributed by atoms with E-state index in [0.717, 1.165) is 81.4 Å². The summed E-state index contributed by atoms with van der Waals surface area (Å²) in [6.45, 7) is 30.9. The van der Waals surface area contributed by atoms with E-state index in [1.165, 1.54) is 60.9 Å². The predicted octanol–water partition coefficient (Wildman–Crippen LogP) is 14.7. The number of hydrogen-bond acceptors (Lipinski definition) is 9. The second kappa shape index (κ2) is 36.7. The Hall–Kier alpha value is -2.85. The molecule has 0 bridgehead atoms. The number of rotatable bonds is 11. The van der Waals surface area contributed by atoms with E-state index < -0.39 is 7.26 Å². The van der Waals surface area contributed by atoms with E-state index in [1.54, 1.807) is 0 Å². The van der Waals surface area contributed by atoms with Gasteiger partial charge in [-0.1, -0.05) is 110 Å². The molecule has 0 amide bonds. The van der Waals surface area contributed by atoms with Crippen LogP contribution in [0.4, 0.5) is 0 Å². The van der Waals surface area contributed by atoms with Crippen molar-refractivity contribution in [1.29, 1.82) is 0 Å². The van der Waals surface area contributed by atoms with Crippen LogP contribution in [0, 0.1) is 35.5 Å². The Bertz CT molecular complexity index is 1820. The number of hydrogen-bond donors (Lipinski definition) is 1. The first-order chi connectivity index (χ1) is 37.8. The lowest BCUT2D eigenvalue weighted by Crippen LogP contribution is -2.41. The van der Waals surface area contributed by atoms with Crippen LogP contribution in [0.3, 0.4) is 0 Å². The Labute approximate surface area is 482 Å².